The molecule has 4 nitrogen and oxygen atoms in total. The number of thiophene rings is 1. The highest BCUT2D eigenvalue weighted by molar-refractivity contribution is 7.10. The Balaban J connectivity index is 1.81. The zero-order chi connectivity index (χ0) is 18.7. The van der Waals surface area contributed by atoms with Crippen molar-refractivity contribution in [2.45, 2.75) is 26.8 Å². The van der Waals surface area contributed by atoms with Crippen LogP contribution < -0.4 is 5.32 Å². The number of rotatable bonds is 7. The van der Waals surface area contributed by atoms with Gasteiger partial charge in [-0.2, -0.15) is 0 Å². The third-order valence-corrected chi connectivity index (χ3v) is 5.43. The molecule has 0 aliphatic heterocycles. The molecule has 0 saturated heterocycles. The van der Waals surface area contributed by atoms with E-state index in [-0.39, 0.29) is 24.2 Å². The summed E-state index contributed by atoms with van der Waals surface area (Å²) in [7, 11) is 0. The van der Waals surface area contributed by atoms with Crippen LogP contribution in [0, 0.1) is 13.8 Å². The van der Waals surface area contributed by atoms with Crippen LogP contribution in [0.4, 0.5) is 0 Å². The van der Waals surface area contributed by atoms with Crippen LogP contribution in [0.2, 0.25) is 0 Å². The van der Waals surface area contributed by atoms with Crippen LogP contribution >= 0.6 is 11.3 Å². The zero-order valence-electron chi connectivity index (χ0n) is 15.1. The maximum atomic E-state index is 12.8. The predicted molar refractivity (Wildman–Crippen MR) is 105 cm³/mol. The molecule has 0 aliphatic carbocycles. The van der Waals surface area contributed by atoms with E-state index < -0.39 is 0 Å². The standard InChI is InChI=1S/C21H22N2O2S/c1-13-19(15(3)24)14(2)23-20(13)17(25)12-22-21(18-10-7-11-26-18)16-8-5-4-6-9-16/h4-11,21-23H,12H2,1-3H3/t21-/m0/s1. The van der Waals surface area contributed by atoms with Gasteiger partial charge in [-0.1, -0.05) is 36.4 Å². The fourth-order valence-corrected chi connectivity index (χ4v) is 4.15. The number of aromatic nitrogens is 1. The molecule has 2 heterocycles. The molecular formula is C21H22N2O2S. The number of ketones is 2. The van der Waals surface area contributed by atoms with Crippen LogP contribution in [0.1, 0.15) is 55.5 Å². The molecule has 3 rings (SSSR count). The Morgan fingerprint density at radius 3 is 2.42 bits per heavy atom. The number of carbonyl (C=O) groups excluding carboxylic acids is 2. The fourth-order valence-electron chi connectivity index (χ4n) is 3.32. The van der Waals surface area contributed by atoms with Gasteiger partial charge in [0, 0.05) is 16.1 Å². The van der Waals surface area contributed by atoms with Crippen molar-refractivity contribution in [1.82, 2.24) is 10.3 Å². The Morgan fingerprint density at radius 1 is 1.12 bits per heavy atom. The second kappa shape index (κ2) is 7.81. The van der Waals surface area contributed by atoms with Gasteiger partial charge in [-0.25, -0.2) is 0 Å². The Labute approximate surface area is 157 Å². The first kappa shape index (κ1) is 18.3. The first-order valence-electron chi connectivity index (χ1n) is 8.54. The van der Waals surface area contributed by atoms with Crippen LogP contribution in [0.5, 0.6) is 0 Å². The summed E-state index contributed by atoms with van der Waals surface area (Å²) in [5.41, 5.74) is 3.72. The van der Waals surface area contributed by atoms with E-state index in [1.807, 2.05) is 43.5 Å². The van der Waals surface area contributed by atoms with E-state index in [0.717, 1.165) is 21.7 Å². The SMILES string of the molecule is CC(=O)c1c(C)[nH]c(C(=O)CN[C@@H](c2ccccc2)c2cccs2)c1C. The van der Waals surface area contributed by atoms with Crippen molar-refractivity contribution in [1.29, 1.82) is 0 Å². The highest BCUT2D eigenvalue weighted by atomic mass is 32.1. The Hall–Kier alpha value is -2.50. The zero-order valence-corrected chi connectivity index (χ0v) is 15.9. The molecule has 26 heavy (non-hydrogen) atoms. The van der Waals surface area contributed by atoms with E-state index in [0.29, 0.717) is 11.3 Å². The molecule has 3 aromatic rings. The maximum Gasteiger partial charge on any atom is 0.193 e. The molecule has 0 radical (unpaired) electrons. The summed E-state index contributed by atoms with van der Waals surface area (Å²) in [6.07, 6.45) is 0. The van der Waals surface area contributed by atoms with Gasteiger partial charge >= 0.3 is 0 Å². The van der Waals surface area contributed by atoms with Crippen molar-refractivity contribution >= 4 is 22.9 Å². The number of hydrogen-bond donors (Lipinski definition) is 2. The molecule has 0 fully saturated rings. The third-order valence-electron chi connectivity index (χ3n) is 4.50. The quantitative estimate of drug-likeness (QED) is 0.607. The molecule has 0 spiro atoms. The minimum absolute atomic E-state index is 0.0241. The summed E-state index contributed by atoms with van der Waals surface area (Å²) in [6, 6.07) is 14.1. The third kappa shape index (κ3) is 3.69. The van der Waals surface area contributed by atoms with E-state index in [9.17, 15) is 9.59 Å². The molecule has 2 N–H and O–H groups in total. The highest BCUT2D eigenvalue weighted by Gasteiger charge is 2.21. The topological polar surface area (TPSA) is 62.0 Å². The summed E-state index contributed by atoms with van der Waals surface area (Å²) >= 11 is 1.66. The lowest BCUT2D eigenvalue weighted by Gasteiger charge is -2.17. The first-order valence-corrected chi connectivity index (χ1v) is 9.42. The van der Waals surface area contributed by atoms with Crippen molar-refractivity contribution in [3.63, 3.8) is 0 Å². The molecule has 0 amide bonds. The Kier molecular flexibility index (Phi) is 5.49. The molecule has 1 aromatic carbocycles. The number of nitrogens with one attached hydrogen (secondary N) is 2. The van der Waals surface area contributed by atoms with E-state index in [2.05, 4.69) is 28.5 Å². The van der Waals surface area contributed by atoms with Crippen molar-refractivity contribution in [2.24, 2.45) is 0 Å². The second-order valence-electron chi connectivity index (χ2n) is 6.34. The minimum atomic E-state index is -0.0458. The van der Waals surface area contributed by atoms with Gasteiger partial charge in [0.15, 0.2) is 11.6 Å². The van der Waals surface area contributed by atoms with E-state index >= 15 is 0 Å². The van der Waals surface area contributed by atoms with Crippen molar-refractivity contribution in [2.75, 3.05) is 6.54 Å². The minimum Gasteiger partial charge on any atom is -0.355 e. The van der Waals surface area contributed by atoms with E-state index in [4.69, 9.17) is 0 Å². The maximum absolute atomic E-state index is 12.8. The molecule has 1 atom stereocenters. The van der Waals surface area contributed by atoms with Crippen LogP contribution in [-0.4, -0.2) is 23.1 Å². The van der Waals surface area contributed by atoms with E-state index in [1.165, 1.54) is 6.92 Å². The summed E-state index contributed by atoms with van der Waals surface area (Å²) in [5, 5.41) is 5.41. The first-order chi connectivity index (χ1) is 12.5. The van der Waals surface area contributed by atoms with Gasteiger partial charge in [-0.3, -0.25) is 14.9 Å². The molecule has 134 valence electrons. The summed E-state index contributed by atoms with van der Waals surface area (Å²) in [6.45, 7) is 5.36. The van der Waals surface area contributed by atoms with Crippen LogP contribution in [0.3, 0.4) is 0 Å². The Morgan fingerprint density at radius 2 is 1.85 bits per heavy atom. The van der Waals surface area contributed by atoms with Crippen LogP contribution in [-0.2, 0) is 0 Å². The predicted octanol–water partition coefficient (Wildman–Crippen LogP) is 4.46. The summed E-state index contributed by atoms with van der Waals surface area (Å²) < 4.78 is 0. The number of H-pyrrole nitrogens is 1. The van der Waals surface area contributed by atoms with Crippen LogP contribution in [0.15, 0.2) is 47.8 Å². The molecule has 2 aromatic heterocycles. The van der Waals surface area contributed by atoms with Gasteiger partial charge in [0.2, 0.25) is 0 Å². The molecule has 0 bridgehead atoms. The highest BCUT2D eigenvalue weighted by Crippen LogP contribution is 2.26. The molecule has 0 aliphatic rings. The van der Waals surface area contributed by atoms with Crippen molar-refractivity contribution < 1.29 is 9.59 Å². The fraction of sp³-hybridized carbons (Fsp3) is 0.238. The number of Topliss-reactive ketones (excluding diaryl/α,β-unsaturated/α-hetero) is 2. The van der Waals surface area contributed by atoms with E-state index in [1.54, 1.807) is 11.3 Å². The van der Waals surface area contributed by atoms with Gasteiger partial charge in [0.25, 0.3) is 0 Å². The lowest BCUT2D eigenvalue weighted by atomic mass is 10.0. The summed E-state index contributed by atoms with van der Waals surface area (Å²) in [4.78, 5) is 28.8. The monoisotopic (exact) mass is 366 g/mol. The molecule has 0 unspecified atom stereocenters. The summed E-state index contributed by atoms with van der Waals surface area (Å²) in [5.74, 6) is -0.0698. The normalized spacial score (nSPS) is 12.1. The van der Waals surface area contributed by atoms with Gasteiger partial charge in [-0.15, -0.1) is 11.3 Å². The second-order valence-corrected chi connectivity index (χ2v) is 7.32. The number of carbonyl (C=O) groups is 2. The molecule has 0 saturated carbocycles. The average Bonchev–Trinajstić information content (AvgIpc) is 3.24. The number of aryl methyl sites for hydroxylation is 1. The lowest BCUT2D eigenvalue weighted by molar-refractivity contribution is 0.0983. The number of benzene rings is 1. The molecule has 5 heteroatoms. The van der Waals surface area contributed by atoms with Gasteiger partial charge in [0.1, 0.15) is 0 Å². The van der Waals surface area contributed by atoms with Gasteiger partial charge in [0.05, 0.1) is 18.3 Å². The average molecular weight is 366 g/mol. The van der Waals surface area contributed by atoms with Gasteiger partial charge < -0.3 is 4.98 Å². The Bertz CT molecular complexity index is 911. The number of hydrogen-bond acceptors (Lipinski definition) is 4. The largest absolute Gasteiger partial charge is 0.355 e. The van der Waals surface area contributed by atoms with Crippen molar-refractivity contribution in [3.8, 4) is 0 Å². The van der Waals surface area contributed by atoms with Gasteiger partial charge in [-0.05, 0) is 43.3 Å². The van der Waals surface area contributed by atoms with Crippen molar-refractivity contribution in [3.05, 3.63) is 80.8 Å². The van der Waals surface area contributed by atoms with Crippen LogP contribution in [0.25, 0.3) is 0 Å². The lowest BCUT2D eigenvalue weighted by Crippen LogP contribution is -2.28. The molecular weight excluding hydrogens is 344 g/mol. The smallest absolute Gasteiger partial charge is 0.193 e. The number of aromatic amines is 1.